The first-order valence-corrected chi connectivity index (χ1v) is 7.94. The van der Waals surface area contributed by atoms with E-state index in [1.165, 1.54) is 0 Å². The monoisotopic (exact) mass is 258 g/mol. The summed E-state index contributed by atoms with van der Waals surface area (Å²) in [4.78, 5) is 0. The Hall–Kier alpha value is -0.520. The molecule has 2 rings (SSSR count). The standard InChI is InChI=1S/C11H14O3S2/c12-10(9-5-2-1-3-6-9)11-15(13)7-4-8-16(11)14/h1-3,5-6,10-12H,4,7-8H2/t10-,11?,15?,16?/m0/s1. The van der Waals surface area contributed by atoms with Gasteiger partial charge >= 0.3 is 0 Å². The lowest BCUT2D eigenvalue weighted by Gasteiger charge is -2.25. The van der Waals surface area contributed by atoms with Crippen molar-refractivity contribution in [2.45, 2.75) is 17.1 Å². The SMILES string of the molecule is O=S1CCCS(=O)C1[C@@H](O)c1ccccc1. The number of hydrogen-bond acceptors (Lipinski definition) is 3. The predicted octanol–water partition coefficient (Wildman–Crippen LogP) is 0.947. The first kappa shape index (κ1) is 12.0. The zero-order valence-electron chi connectivity index (χ0n) is 8.74. The second kappa shape index (κ2) is 5.21. The third-order valence-corrected chi connectivity index (χ3v) is 6.83. The summed E-state index contributed by atoms with van der Waals surface area (Å²) >= 11 is 0. The highest BCUT2D eigenvalue weighted by Gasteiger charge is 2.34. The number of aliphatic hydroxyl groups excluding tert-OH is 1. The molecule has 1 aromatic rings. The molecule has 3 nitrogen and oxygen atoms in total. The van der Waals surface area contributed by atoms with E-state index in [-0.39, 0.29) is 0 Å². The average molecular weight is 258 g/mol. The second-order valence-electron chi connectivity index (χ2n) is 3.75. The summed E-state index contributed by atoms with van der Waals surface area (Å²) < 4.78 is 22.9. The van der Waals surface area contributed by atoms with Crippen LogP contribution in [0.2, 0.25) is 0 Å². The van der Waals surface area contributed by atoms with Crippen LogP contribution in [-0.2, 0) is 21.6 Å². The third-order valence-electron chi connectivity index (χ3n) is 2.61. The van der Waals surface area contributed by atoms with Crippen LogP contribution in [-0.4, -0.2) is 29.6 Å². The zero-order chi connectivity index (χ0) is 11.5. The van der Waals surface area contributed by atoms with Crippen molar-refractivity contribution in [3.05, 3.63) is 35.9 Å². The zero-order valence-corrected chi connectivity index (χ0v) is 10.4. The Balaban J connectivity index is 2.23. The van der Waals surface area contributed by atoms with Gasteiger partial charge < -0.3 is 5.11 Å². The molecule has 0 saturated carbocycles. The number of benzene rings is 1. The number of aliphatic hydroxyl groups is 1. The van der Waals surface area contributed by atoms with E-state index in [1.807, 2.05) is 18.2 Å². The lowest BCUT2D eigenvalue weighted by molar-refractivity contribution is 0.193. The largest absolute Gasteiger partial charge is 0.386 e. The van der Waals surface area contributed by atoms with Crippen molar-refractivity contribution in [1.82, 2.24) is 0 Å². The molecule has 0 amide bonds. The molecule has 1 N–H and O–H groups in total. The van der Waals surface area contributed by atoms with Gasteiger partial charge in [0.1, 0.15) is 10.7 Å². The van der Waals surface area contributed by atoms with Gasteiger partial charge in [-0.3, -0.25) is 8.42 Å². The summed E-state index contributed by atoms with van der Waals surface area (Å²) in [7, 11) is -2.38. The van der Waals surface area contributed by atoms with Crippen molar-refractivity contribution in [1.29, 1.82) is 0 Å². The van der Waals surface area contributed by atoms with Crippen LogP contribution in [0.15, 0.2) is 30.3 Å². The van der Waals surface area contributed by atoms with Gasteiger partial charge in [0.05, 0.1) is 0 Å². The van der Waals surface area contributed by atoms with Crippen LogP contribution < -0.4 is 0 Å². The van der Waals surface area contributed by atoms with Gasteiger partial charge in [-0.25, -0.2) is 0 Å². The van der Waals surface area contributed by atoms with Gasteiger partial charge in [-0.05, 0) is 12.0 Å². The molecule has 3 atom stereocenters. The van der Waals surface area contributed by atoms with Crippen LogP contribution in [0.5, 0.6) is 0 Å². The highest BCUT2D eigenvalue weighted by Crippen LogP contribution is 2.26. The molecule has 1 fully saturated rings. The van der Waals surface area contributed by atoms with Gasteiger partial charge in [0.2, 0.25) is 0 Å². The van der Waals surface area contributed by atoms with Crippen LogP contribution in [0.4, 0.5) is 0 Å². The van der Waals surface area contributed by atoms with Crippen molar-refractivity contribution in [2.24, 2.45) is 0 Å². The van der Waals surface area contributed by atoms with E-state index in [2.05, 4.69) is 0 Å². The lowest BCUT2D eigenvalue weighted by Crippen LogP contribution is -2.35. The first-order valence-electron chi connectivity index (χ1n) is 5.17. The highest BCUT2D eigenvalue weighted by atomic mass is 32.2. The molecule has 1 saturated heterocycles. The van der Waals surface area contributed by atoms with Gasteiger partial charge in [0.25, 0.3) is 0 Å². The van der Waals surface area contributed by atoms with Crippen molar-refractivity contribution in [2.75, 3.05) is 11.5 Å². The fourth-order valence-electron chi connectivity index (χ4n) is 1.79. The topological polar surface area (TPSA) is 54.4 Å². The summed E-state index contributed by atoms with van der Waals surface area (Å²) in [6.45, 7) is 0. The Kier molecular flexibility index (Phi) is 3.89. The summed E-state index contributed by atoms with van der Waals surface area (Å²) in [6.07, 6.45) is -0.166. The van der Waals surface area contributed by atoms with Crippen LogP contribution in [0, 0.1) is 0 Å². The van der Waals surface area contributed by atoms with Crippen LogP contribution in [0.3, 0.4) is 0 Å². The molecular weight excluding hydrogens is 244 g/mol. The molecule has 0 spiro atoms. The van der Waals surface area contributed by atoms with E-state index in [0.29, 0.717) is 17.1 Å². The Bertz CT molecular complexity index is 389. The van der Waals surface area contributed by atoms with E-state index in [1.54, 1.807) is 12.1 Å². The molecule has 2 unspecified atom stereocenters. The van der Waals surface area contributed by atoms with E-state index < -0.39 is 32.3 Å². The molecule has 16 heavy (non-hydrogen) atoms. The van der Waals surface area contributed by atoms with Gasteiger partial charge in [-0.2, -0.15) is 0 Å². The fraction of sp³-hybridized carbons (Fsp3) is 0.455. The Morgan fingerprint density at radius 2 is 1.69 bits per heavy atom. The molecule has 88 valence electrons. The summed E-state index contributed by atoms with van der Waals surface area (Å²) in [6, 6.07) is 9.02. The maximum atomic E-state index is 11.8. The molecule has 5 heteroatoms. The Morgan fingerprint density at radius 3 is 2.25 bits per heavy atom. The van der Waals surface area contributed by atoms with Crippen molar-refractivity contribution in [3.63, 3.8) is 0 Å². The molecular formula is C11H14O3S2. The molecule has 1 aromatic carbocycles. The highest BCUT2D eigenvalue weighted by molar-refractivity contribution is 8.03. The Labute approximate surface area is 99.8 Å². The number of rotatable bonds is 2. The van der Waals surface area contributed by atoms with Gasteiger partial charge in [-0.15, -0.1) is 0 Å². The minimum Gasteiger partial charge on any atom is -0.386 e. The molecule has 0 aromatic heterocycles. The summed E-state index contributed by atoms with van der Waals surface area (Å²) in [5, 5.41) is 10.1. The molecule has 1 aliphatic rings. The lowest BCUT2D eigenvalue weighted by atomic mass is 10.1. The second-order valence-corrected chi connectivity index (χ2v) is 7.40. The molecule has 1 heterocycles. The number of hydrogen-bond donors (Lipinski definition) is 1. The molecule has 0 radical (unpaired) electrons. The van der Waals surface area contributed by atoms with E-state index in [4.69, 9.17) is 0 Å². The smallest absolute Gasteiger partial charge is 0.140 e. The van der Waals surface area contributed by atoms with Crippen LogP contribution in [0.1, 0.15) is 18.1 Å². The average Bonchev–Trinajstić information content (AvgIpc) is 2.30. The minimum atomic E-state index is -1.19. The maximum absolute atomic E-state index is 11.8. The van der Waals surface area contributed by atoms with Crippen molar-refractivity contribution < 1.29 is 13.5 Å². The Morgan fingerprint density at radius 1 is 1.12 bits per heavy atom. The molecule has 0 bridgehead atoms. The van der Waals surface area contributed by atoms with E-state index >= 15 is 0 Å². The van der Waals surface area contributed by atoms with Crippen molar-refractivity contribution in [3.8, 4) is 0 Å². The van der Waals surface area contributed by atoms with Crippen molar-refractivity contribution >= 4 is 21.6 Å². The third kappa shape index (κ3) is 2.42. The first-order chi connectivity index (χ1) is 7.70. The van der Waals surface area contributed by atoms with E-state index in [0.717, 1.165) is 6.42 Å². The quantitative estimate of drug-likeness (QED) is 0.859. The van der Waals surface area contributed by atoms with Crippen LogP contribution in [0.25, 0.3) is 0 Å². The fourth-order valence-corrected chi connectivity index (χ4v) is 5.72. The summed E-state index contributed by atoms with van der Waals surface area (Å²) in [5.74, 6) is 1.08. The maximum Gasteiger partial charge on any atom is 0.140 e. The normalized spacial score (nSPS) is 32.2. The van der Waals surface area contributed by atoms with Gasteiger partial charge in [-0.1, -0.05) is 30.3 Å². The van der Waals surface area contributed by atoms with Gasteiger partial charge in [0.15, 0.2) is 0 Å². The van der Waals surface area contributed by atoms with E-state index in [9.17, 15) is 13.5 Å². The van der Waals surface area contributed by atoms with Gasteiger partial charge in [0, 0.05) is 33.1 Å². The predicted molar refractivity (Wildman–Crippen MR) is 65.8 cm³/mol. The molecule has 1 aliphatic heterocycles. The molecule has 0 aliphatic carbocycles. The summed E-state index contributed by atoms with van der Waals surface area (Å²) in [5.41, 5.74) is 0.691. The minimum absolute atomic E-state index is 0.542. The van der Waals surface area contributed by atoms with Crippen LogP contribution >= 0.6 is 0 Å².